The lowest BCUT2D eigenvalue weighted by molar-refractivity contribution is -0.119. The van der Waals surface area contributed by atoms with Gasteiger partial charge in [0.05, 0.1) is 26.5 Å². The van der Waals surface area contributed by atoms with E-state index in [1.54, 1.807) is 30.3 Å². The summed E-state index contributed by atoms with van der Waals surface area (Å²) in [7, 11) is 3.00. The largest absolute Gasteiger partial charge is 0.497 e. The van der Waals surface area contributed by atoms with Crippen molar-refractivity contribution in [3.8, 4) is 11.5 Å². The molecule has 0 radical (unpaired) electrons. The van der Waals surface area contributed by atoms with E-state index < -0.39 is 18.5 Å². The first kappa shape index (κ1) is 21.2. The van der Waals surface area contributed by atoms with Crippen LogP contribution in [-0.4, -0.2) is 39.3 Å². The minimum Gasteiger partial charge on any atom is -0.497 e. The van der Waals surface area contributed by atoms with E-state index in [4.69, 9.17) is 23.4 Å². The predicted octanol–water partition coefficient (Wildman–Crippen LogP) is 3.78. The molecular weight excluding hydrogens is 390 g/mol. The molecule has 8 nitrogen and oxygen atoms in total. The average Bonchev–Trinajstić information content (AvgIpc) is 3.14. The number of nitrogens with one attached hydrogen (secondary N) is 1. The molecular formula is C22H23NO7. The number of carbonyl (C=O) groups excluding carboxylic acids is 2. The summed E-state index contributed by atoms with van der Waals surface area (Å²) in [5, 5.41) is 3.41. The lowest BCUT2D eigenvalue weighted by Gasteiger charge is -2.12. The number of hydrogen-bond donors (Lipinski definition) is 1. The highest BCUT2D eigenvalue weighted by Gasteiger charge is 2.23. The number of amides is 1. The number of ether oxygens (including phenoxy) is 4. The maximum atomic E-state index is 12.6. The summed E-state index contributed by atoms with van der Waals surface area (Å²) in [5.41, 5.74) is 1.54. The number of carbonyl (C=O) groups is 2. The highest BCUT2D eigenvalue weighted by atomic mass is 16.5. The lowest BCUT2D eigenvalue weighted by Crippen LogP contribution is -2.21. The summed E-state index contributed by atoms with van der Waals surface area (Å²) in [6.07, 6.45) is 0. The highest BCUT2D eigenvalue weighted by molar-refractivity contribution is 5.98. The minimum absolute atomic E-state index is 0.0245. The molecule has 1 N–H and O–H groups in total. The zero-order chi connectivity index (χ0) is 21.5. The molecule has 0 atom stereocenters. The number of methoxy groups -OCH3 is 2. The van der Waals surface area contributed by atoms with Gasteiger partial charge in [0.15, 0.2) is 6.61 Å². The quantitative estimate of drug-likeness (QED) is 0.533. The van der Waals surface area contributed by atoms with E-state index in [2.05, 4.69) is 5.32 Å². The fourth-order valence-corrected chi connectivity index (χ4v) is 2.91. The Kier molecular flexibility index (Phi) is 6.92. The summed E-state index contributed by atoms with van der Waals surface area (Å²) >= 11 is 0. The highest BCUT2D eigenvalue weighted by Crippen LogP contribution is 2.29. The smallest absolute Gasteiger partial charge is 0.375 e. The van der Waals surface area contributed by atoms with E-state index in [1.165, 1.54) is 14.2 Å². The molecule has 0 saturated carbocycles. The van der Waals surface area contributed by atoms with Gasteiger partial charge in [-0.25, -0.2) is 4.79 Å². The number of rotatable bonds is 9. The molecule has 0 bridgehead atoms. The molecule has 0 unspecified atom stereocenters. The third-order valence-electron chi connectivity index (χ3n) is 4.35. The number of furan rings is 1. The van der Waals surface area contributed by atoms with Gasteiger partial charge in [0.25, 0.3) is 5.91 Å². The predicted molar refractivity (Wildman–Crippen MR) is 110 cm³/mol. The summed E-state index contributed by atoms with van der Waals surface area (Å²) in [4.78, 5) is 24.9. The first-order valence-corrected chi connectivity index (χ1v) is 9.34. The van der Waals surface area contributed by atoms with Gasteiger partial charge in [0.1, 0.15) is 17.1 Å². The van der Waals surface area contributed by atoms with Crippen molar-refractivity contribution in [3.63, 3.8) is 0 Å². The second kappa shape index (κ2) is 9.80. The first-order valence-electron chi connectivity index (χ1n) is 9.34. The van der Waals surface area contributed by atoms with Gasteiger partial charge >= 0.3 is 5.97 Å². The van der Waals surface area contributed by atoms with Gasteiger partial charge in [-0.15, -0.1) is 0 Å². The monoisotopic (exact) mass is 413 g/mol. The lowest BCUT2D eigenvalue weighted by atomic mass is 10.1. The summed E-state index contributed by atoms with van der Waals surface area (Å²) in [6.45, 7) is 2.05. The number of benzene rings is 2. The molecule has 1 heterocycles. The molecule has 0 aliphatic heterocycles. The molecule has 3 rings (SSSR count). The molecule has 0 spiro atoms. The maximum absolute atomic E-state index is 12.6. The van der Waals surface area contributed by atoms with Crippen LogP contribution < -0.4 is 14.8 Å². The van der Waals surface area contributed by atoms with Crippen LogP contribution in [0.4, 0.5) is 5.69 Å². The van der Waals surface area contributed by atoms with Gasteiger partial charge < -0.3 is 28.7 Å². The van der Waals surface area contributed by atoms with E-state index in [-0.39, 0.29) is 12.4 Å². The Hall–Kier alpha value is -3.52. The van der Waals surface area contributed by atoms with Crippen molar-refractivity contribution in [3.05, 3.63) is 53.8 Å². The SMILES string of the molecule is CCOCc1c(C(=O)OCC(=O)Nc2cc(OC)ccc2OC)oc2ccccc12. The molecule has 1 amide bonds. The van der Waals surface area contributed by atoms with Crippen molar-refractivity contribution in [2.24, 2.45) is 0 Å². The second-order valence-corrected chi connectivity index (χ2v) is 6.23. The molecule has 2 aromatic carbocycles. The van der Waals surface area contributed by atoms with Crippen molar-refractivity contribution in [2.45, 2.75) is 13.5 Å². The normalized spacial score (nSPS) is 10.6. The van der Waals surface area contributed by atoms with Crippen LogP contribution in [0.5, 0.6) is 11.5 Å². The van der Waals surface area contributed by atoms with Gasteiger partial charge in [0, 0.05) is 23.6 Å². The van der Waals surface area contributed by atoms with E-state index in [0.717, 1.165) is 5.39 Å². The van der Waals surface area contributed by atoms with Gasteiger partial charge in [-0.1, -0.05) is 18.2 Å². The van der Waals surface area contributed by atoms with E-state index in [1.807, 2.05) is 19.1 Å². The molecule has 0 aliphatic rings. The van der Waals surface area contributed by atoms with Crippen molar-refractivity contribution >= 4 is 28.5 Å². The van der Waals surface area contributed by atoms with E-state index >= 15 is 0 Å². The van der Waals surface area contributed by atoms with Crippen LogP contribution in [-0.2, 0) is 20.9 Å². The Bertz CT molecular complexity index is 1040. The molecule has 0 fully saturated rings. The Morgan fingerprint density at radius 1 is 1.07 bits per heavy atom. The summed E-state index contributed by atoms with van der Waals surface area (Å²) in [6, 6.07) is 12.2. The van der Waals surface area contributed by atoms with Crippen molar-refractivity contribution in [1.29, 1.82) is 0 Å². The van der Waals surface area contributed by atoms with Crippen LogP contribution in [0.1, 0.15) is 23.0 Å². The molecule has 3 aromatic rings. The van der Waals surface area contributed by atoms with Crippen molar-refractivity contribution in [1.82, 2.24) is 0 Å². The molecule has 30 heavy (non-hydrogen) atoms. The van der Waals surface area contributed by atoms with Crippen LogP contribution in [0.25, 0.3) is 11.0 Å². The minimum atomic E-state index is -0.742. The Morgan fingerprint density at radius 2 is 1.87 bits per heavy atom. The zero-order valence-corrected chi connectivity index (χ0v) is 17.0. The number of hydrogen-bond acceptors (Lipinski definition) is 7. The van der Waals surface area contributed by atoms with Crippen LogP contribution in [0, 0.1) is 0 Å². The molecule has 0 aliphatic carbocycles. The zero-order valence-electron chi connectivity index (χ0n) is 17.0. The third-order valence-corrected chi connectivity index (χ3v) is 4.35. The maximum Gasteiger partial charge on any atom is 0.375 e. The molecule has 158 valence electrons. The van der Waals surface area contributed by atoms with Crippen molar-refractivity contribution in [2.75, 3.05) is 32.8 Å². The third kappa shape index (κ3) is 4.72. The van der Waals surface area contributed by atoms with Crippen LogP contribution in [0.2, 0.25) is 0 Å². The van der Waals surface area contributed by atoms with Crippen LogP contribution >= 0.6 is 0 Å². The number of para-hydroxylation sites is 1. The summed E-state index contributed by atoms with van der Waals surface area (Å²) in [5.74, 6) is -0.250. The molecule has 0 saturated heterocycles. The fraction of sp³-hybridized carbons (Fsp3) is 0.273. The van der Waals surface area contributed by atoms with Gasteiger partial charge in [-0.05, 0) is 25.1 Å². The number of fused-ring (bicyclic) bond motifs is 1. The number of esters is 1. The Balaban J connectivity index is 1.71. The van der Waals surface area contributed by atoms with Crippen molar-refractivity contribution < 1.29 is 33.0 Å². The summed E-state index contributed by atoms with van der Waals surface area (Å²) < 4.78 is 26.6. The fourth-order valence-electron chi connectivity index (χ4n) is 2.91. The molecule has 8 heteroatoms. The van der Waals surface area contributed by atoms with Gasteiger partial charge in [0.2, 0.25) is 5.76 Å². The van der Waals surface area contributed by atoms with Crippen LogP contribution in [0.3, 0.4) is 0 Å². The van der Waals surface area contributed by atoms with Crippen LogP contribution in [0.15, 0.2) is 46.9 Å². The number of anilines is 1. The van der Waals surface area contributed by atoms with Gasteiger partial charge in [-0.3, -0.25) is 4.79 Å². The Morgan fingerprint density at radius 3 is 2.60 bits per heavy atom. The standard InChI is InChI=1S/C22H23NO7/c1-4-28-12-16-15-7-5-6-8-18(15)30-21(16)22(25)29-13-20(24)23-17-11-14(26-2)9-10-19(17)27-3/h5-11H,4,12-13H2,1-3H3,(H,23,24). The van der Waals surface area contributed by atoms with E-state index in [0.29, 0.717) is 34.9 Å². The van der Waals surface area contributed by atoms with Gasteiger partial charge in [-0.2, -0.15) is 0 Å². The topological polar surface area (TPSA) is 96.2 Å². The van der Waals surface area contributed by atoms with E-state index in [9.17, 15) is 9.59 Å². The first-order chi connectivity index (χ1) is 14.6. The average molecular weight is 413 g/mol. The second-order valence-electron chi connectivity index (χ2n) is 6.23. The Labute approximate surface area is 173 Å². The molecule has 1 aromatic heterocycles.